The number of carbonyl (C=O) groups excluding carboxylic acids is 2. The van der Waals surface area contributed by atoms with E-state index in [2.05, 4.69) is 11.1 Å². The van der Waals surface area contributed by atoms with Gasteiger partial charge in [-0.3, -0.25) is 9.59 Å². The van der Waals surface area contributed by atoms with Gasteiger partial charge in [0.05, 0.1) is 27.4 Å². The molecule has 2 fully saturated rings. The lowest BCUT2D eigenvalue weighted by atomic mass is 9.85. The van der Waals surface area contributed by atoms with Crippen molar-refractivity contribution in [1.82, 2.24) is 14.8 Å². The van der Waals surface area contributed by atoms with E-state index in [1.54, 1.807) is 26.2 Å². The first-order chi connectivity index (χ1) is 18.0. The maximum absolute atomic E-state index is 14.0. The van der Waals surface area contributed by atoms with Gasteiger partial charge in [0, 0.05) is 29.1 Å². The zero-order valence-corrected chi connectivity index (χ0v) is 21.6. The van der Waals surface area contributed by atoms with Crippen LogP contribution in [0.4, 0.5) is 0 Å². The number of rotatable bonds is 5. The molecule has 1 aliphatic carbocycles. The summed E-state index contributed by atoms with van der Waals surface area (Å²) in [5.41, 5.74) is 3.81. The van der Waals surface area contributed by atoms with E-state index < -0.39 is 12.1 Å². The number of methoxy groups -OCH3 is 3. The molecular formula is C29H33N3O5. The van der Waals surface area contributed by atoms with Gasteiger partial charge < -0.3 is 29.0 Å². The Morgan fingerprint density at radius 2 is 1.62 bits per heavy atom. The molecule has 3 heterocycles. The van der Waals surface area contributed by atoms with Crippen molar-refractivity contribution >= 4 is 22.7 Å². The maximum atomic E-state index is 14.0. The standard InChI is InChI=1S/C29H33N3O5/c1-35-23-13-17(14-24(36-2)28(23)37-3)27-26-20(19-11-7-8-12-21(19)30-26)15-22-29(34)31(16-25(33)32(22)27)18-9-5-4-6-10-18/h7-8,11-14,18,22,27,30H,4-6,9-10,15-16H2,1-3H3/t22-,27?/m1/s1. The van der Waals surface area contributed by atoms with Crippen LogP contribution in [0.1, 0.15) is 55.0 Å². The Balaban J connectivity index is 1.52. The second-order valence-corrected chi connectivity index (χ2v) is 10.2. The van der Waals surface area contributed by atoms with Crippen molar-refractivity contribution in [3.8, 4) is 17.2 Å². The number of benzene rings is 2. The van der Waals surface area contributed by atoms with Crippen LogP contribution in [0.5, 0.6) is 17.2 Å². The molecule has 194 valence electrons. The van der Waals surface area contributed by atoms with Crippen molar-refractivity contribution in [3.63, 3.8) is 0 Å². The Morgan fingerprint density at radius 1 is 0.919 bits per heavy atom. The Morgan fingerprint density at radius 3 is 2.30 bits per heavy atom. The summed E-state index contributed by atoms with van der Waals surface area (Å²) in [6.07, 6.45) is 5.86. The summed E-state index contributed by atoms with van der Waals surface area (Å²) >= 11 is 0. The summed E-state index contributed by atoms with van der Waals surface area (Å²) in [7, 11) is 4.73. The van der Waals surface area contributed by atoms with E-state index in [1.165, 1.54) is 6.42 Å². The van der Waals surface area contributed by atoms with Gasteiger partial charge in [-0.25, -0.2) is 0 Å². The number of amides is 2. The van der Waals surface area contributed by atoms with Crippen molar-refractivity contribution in [3.05, 3.63) is 53.2 Å². The molecule has 2 atom stereocenters. The minimum absolute atomic E-state index is 0.0294. The van der Waals surface area contributed by atoms with Gasteiger partial charge in [0.2, 0.25) is 17.6 Å². The number of nitrogens with one attached hydrogen (secondary N) is 1. The average molecular weight is 504 g/mol. The van der Waals surface area contributed by atoms with Crippen LogP contribution in [0.3, 0.4) is 0 Å². The molecule has 3 aliphatic rings. The van der Waals surface area contributed by atoms with Crippen molar-refractivity contribution < 1.29 is 23.8 Å². The molecule has 8 nitrogen and oxygen atoms in total. The molecule has 2 amide bonds. The molecular weight excluding hydrogens is 470 g/mol. The molecule has 1 saturated heterocycles. The molecule has 3 aromatic rings. The minimum atomic E-state index is -0.557. The number of para-hydroxylation sites is 1. The number of ether oxygens (including phenoxy) is 3. The molecule has 0 spiro atoms. The first kappa shape index (κ1) is 23.7. The van der Waals surface area contributed by atoms with Crippen LogP contribution in [0, 0.1) is 0 Å². The number of carbonyl (C=O) groups is 2. The highest BCUT2D eigenvalue weighted by Crippen LogP contribution is 2.47. The molecule has 2 aliphatic heterocycles. The minimum Gasteiger partial charge on any atom is -0.493 e. The molecule has 1 saturated carbocycles. The third kappa shape index (κ3) is 3.72. The maximum Gasteiger partial charge on any atom is 0.246 e. The molecule has 2 aromatic carbocycles. The molecule has 0 radical (unpaired) electrons. The quantitative estimate of drug-likeness (QED) is 0.564. The van der Waals surface area contributed by atoms with Crippen molar-refractivity contribution in [2.24, 2.45) is 0 Å². The average Bonchev–Trinajstić information content (AvgIpc) is 3.31. The molecule has 1 aromatic heterocycles. The Labute approximate surface area is 216 Å². The van der Waals surface area contributed by atoms with Crippen LogP contribution in [0.25, 0.3) is 10.9 Å². The fraction of sp³-hybridized carbons (Fsp3) is 0.448. The van der Waals surface area contributed by atoms with E-state index in [9.17, 15) is 9.59 Å². The zero-order chi connectivity index (χ0) is 25.7. The topological polar surface area (TPSA) is 84.1 Å². The van der Waals surface area contributed by atoms with Gasteiger partial charge in [0.25, 0.3) is 0 Å². The number of H-pyrrole nitrogens is 1. The van der Waals surface area contributed by atoms with E-state index in [0.29, 0.717) is 23.7 Å². The number of aromatic nitrogens is 1. The smallest absolute Gasteiger partial charge is 0.246 e. The Hall–Kier alpha value is -3.68. The Kier molecular flexibility index (Phi) is 5.97. The molecule has 8 heteroatoms. The van der Waals surface area contributed by atoms with E-state index in [0.717, 1.165) is 53.4 Å². The second-order valence-electron chi connectivity index (χ2n) is 10.2. The summed E-state index contributed by atoms with van der Waals surface area (Å²) in [6, 6.07) is 11.0. The molecule has 1 unspecified atom stereocenters. The van der Waals surface area contributed by atoms with E-state index >= 15 is 0 Å². The SMILES string of the molecule is COc1cc(C2c3[nH]c4ccccc4c3C[C@@H]3C(=O)N(C4CCCCC4)CC(=O)N23)cc(OC)c1OC. The predicted molar refractivity (Wildman–Crippen MR) is 139 cm³/mol. The molecule has 0 bridgehead atoms. The van der Waals surface area contributed by atoms with Gasteiger partial charge in [-0.1, -0.05) is 37.5 Å². The van der Waals surface area contributed by atoms with Gasteiger partial charge in [-0.2, -0.15) is 0 Å². The van der Waals surface area contributed by atoms with Crippen LogP contribution < -0.4 is 14.2 Å². The largest absolute Gasteiger partial charge is 0.493 e. The highest BCUT2D eigenvalue weighted by molar-refractivity contribution is 5.98. The first-order valence-electron chi connectivity index (χ1n) is 13.1. The third-order valence-corrected chi connectivity index (χ3v) is 8.31. The number of fused-ring (bicyclic) bond motifs is 4. The lowest BCUT2D eigenvalue weighted by Gasteiger charge is -2.49. The first-order valence-corrected chi connectivity index (χ1v) is 13.1. The number of hydrogen-bond acceptors (Lipinski definition) is 5. The fourth-order valence-electron chi connectivity index (χ4n) is 6.59. The molecule has 1 N–H and O–H groups in total. The van der Waals surface area contributed by atoms with Crippen LogP contribution in [0.15, 0.2) is 36.4 Å². The van der Waals surface area contributed by atoms with Crippen molar-refractivity contribution in [2.45, 2.75) is 56.7 Å². The number of aromatic amines is 1. The van der Waals surface area contributed by atoms with Gasteiger partial charge in [-0.05, 0) is 42.2 Å². The highest BCUT2D eigenvalue weighted by Gasteiger charge is 2.49. The monoisotopic (exact) mass is 503 g/mol. The summed E-state index contributed by atoms with van der Waals surface area (Å²) in [5, 5.41) is 1.09. The molecule has 6 rings (SSSR count). The van der Waals surface area contributed by atoms with Gasteiger partial charge in [0.15, 0.2) is 11.5 Å². The number of piperazine rings is 1. The van der Waals surface area contributed by atoms with Crippen LogP contribution in [-0.4, -0.2) is 66.6 Å². The van der Waals surface area contributed by atoms with Crippen LogP contribution in [0.2, 0.25) is 0 Å². The van der Waals surface area contributed by atoms with Crippen molar-refractivity contribution in [2.75, 3.05) is 27.9 Å². The highest BCUT2D eigenvalue weighted by atomic mass is 16.5. The lowest BCUT2D eigenvalue weighted by molar-refractivity contribution is -0.161. The van der Waals surface area contributed by atoms with Gasteiger partial charge in [-0.15, -0.1) is 0 Å². The van der Waals surface area contributed by atoms with Crippen LogP contribution in [-0.2, 0) is 16.0 Å². The van der Waals surface area contributed by atoms with Crippen LogP contribution >= 0.6 is 0 Å². The van der Waals surface area contributed by atoms with Gasteiger partial charge in [0.1, 0.15) is 12.6 Å². The Bertz CT molecular complexity index is 1330. The summed E-state index contributed by atoms with van der Waals surface area (Å²) in [5.74, 6) is 1.54. The van der Waals surface area contributed by atoms with Crippen molar-refractivity contribution in [1.29, 1.82) is 0 Å². The molecule has 37 heavy (non-hydrogen) atoms. The summed E-state index contributed by atoms with van der Waals surface area (Å²) < 4.78 is 16.8. The van der Waals surface area contributed by atoms with E-state index in [-0.39, 0.29) is 24.4 Å². The lowest BCUT2D eigenvalue weighted by Crippen LogP contribution is -2.65. The normalized spacial score (nSPS) is 22.1. The fourth-order valence-corrected chi connectivity index (χ4v) is 6.59. The van der Waals surface area contributed by atoms with Gasteiger partial charge >= 0.3 is 0 Å². The summed E-state index contributed by atoms with van der Waals surface area (Å²) in [4.78, 5) is 35.2. The zero-order valence-electron chi connectivity index (χ0n) is 21.6. The third-order valence-electron chi connectivity index (χ3n) is 8.31. The number of nitrogens with zero attached hydrogens (tertiary/aromatic N) is 2. The second kappa shape index (κ2) is 9.32. The number of hydrogen-bond donors (Lipinski definition) is 1. The van der Waals surface area contributed by atoms with E-state index in [1.807, 2.05) is 35.2 Å². The summed E-state index contributed by atoms with van der Waals surface area (Å²) in [6.45, 7) is 0.122. The van der Waals surface area contributed by atoms with E-state index in [4.69, 9.17) is 14.2 Å². The predicted octanol–water partition coefficient (Wildman–Crippen LogP) is 4.21.